The van der Waals surface area contributed by atoms with E-state index < -0.39 is 0 Å². The highest BCUT2D eigenvalue weighted by molar-refractivity contribution is 9.11. The van der Waals surface area contributed by atoms with E-state index in [1.807, 2.05) is 30.3 Å². The second-order valence-corrected chi connectivity index (χ2v) is 6.20. The van der Waals surface area contributed by atoms with Gasteiger partial charge in [-0.15, -0.1) is 11.3 Å². The number of hydrogen-bond donors (Lipinski definition) is 2. The number of nitrogens with one attached hydrogen (secondary N) is 1. The minimum Gasteiger partial charge on any atom is -0.375 e. The predicted octanol–water partition coefficient (Wildman–Crippen LogP) is 4.39. The van der Waals surface area contributed by atoms with E-state index in [2.05, 4.69) is 42.6 Å². The average molecular weight is 376 g/mol. The maximum Gasteiger partial charge on any atom is 0.0740 e. The maximum atomic E-state index is 5.84. The van der Waals surface area contributed by atoms with E-state index >= 15 is 0 Å². The van der Waals surface area contributed by atoms with Gasteiger partial charge in [0.25, 0.3) is 0 Å². The van der Waals surface area contributed by atoms with E-state index in [1.54, 1.807) is 11.3 Å². The number of benzene rings is 1. The van der Waals surface area contributed by atoms with Crippen molar-refractivity contribution in [3.63, 3.8) is 0 Å². The fourth-order valence-electron chi connectivity index (χ4n) is 1.55. The molecule has 0 aliphatic rings. The molecule has 0 amide bonds. The molecule has 1 unspecified atom stereocenters. The summed E-state index contributed by atoms with van der Waals surface area (Å²) in [5.41, 5.74) is 6.90. The summed E-state index contributed by atoms with van der Waals surface area (Å²) in [7, 11) is 0. The van der Waals surface area contributed by atoms with Crippen LogP contribution in [0.1, 0.15) is 10.9 Å². The van der Waals surface area contributed by atoms with Crippen molar-refractivity contribution in [2.24, 2.45) is 5.73 Å². The molecule has 2 rings (SSSR count). The number of para-hydroxylation sites is 1. The lowest BCUT2D eigenvalue weighted by Gasteiger charge is -2.18. The Hall–Kier alpha value is -0.360. The van der Waals surface area contributed by atoms with Crippen molar-refractivity contribution < 1.29 is 0 Å². The van der Waals surface area contributed by atoms with E-state index in [9.17, 15) is 0 Å². The molecule has 5 heteroatoms. The van der Waals surface area contributed by atoms with Crippen LogP contribution in [0, 0.1) is 0 Å². The Morgan fingerprint density at radius 3 is 2.53 bits per heavy atom. The van der Waals surface area contributed by atoms with E-state index in [0.717, 1.165) is 14.6 Å². The topological polar surface area (TPSA) is 38.0 Å². The fraction of sp³-hybridized carbons (Fsp3) is 0.167. The zero-order valence-corrected chi connectivity index (χ0v) is 13.0. The van der Waals surface area contributed by atoms with Crippen LogP contribution >= 0.6 is 43.2 Å². The van der Waals surface area contributed by atoms with Crippen LogP contribution in [0.5, 0.6) is 0 Å². The number of rotatable bonds is 4. The van der Waals surface area contributed by atoms with Crippen LogP contribution in [0.4, 0.5) is 5.69 Å². The Bertz CT molecular complexity index is 499. The first-order valence-corrected chi connectivity index (χ1v) is 7.63. The molecule has 3 N–H and O–H groups in total. The summed E-state index contributed by atoms with van der Waals surface area (Å²) in [6.45, 7) is 0.556. The molecule has 0 bridgehead atoms. The zero-order valence-electron chi connectivity index (χ0n) is 8.99. The smallest absolute Gasteiger partial charge is 0.0740 e. The quantitative estimate of drug-likeness (QED) is 0.831. The average Bonchev–Trinajstić information content (AvgIpc) is 2.75. The molecule has 1 aromatic heterocycles. The molecular weight excluding hydrogens is 364 g/mol. The van der Waals surface area contributed by atoms with Crippen LogP contribution in [-0.4, -0.2) is 6.54 Å². The maximum absolute atomic E-state index is 5.84. The van der Waals surface area contributed by atoms with Crippen LogP contribution < -0.4 is 11.1 Å². The molecule has 17 heavy (non-hydrogen) atoms. The van der Waals surface area contributed by atoms with Gasteiger partial charge in [0.1, 0.15) is 0 Å². The van der Waals surface area contributed by atoms with Gasteiger partial charge in [-0.2, -0.15) is 0 Å². The standard InChI is InChI=1S/C12H12Br2N2S/c13-8-3-1-2-4-10(8)16-11(7-15)12-9(14)5-6-17-12/h1-6,11,16H,7,15H2. The third-order valence-corrected chi connectivity index (χ3v) is 5.08. The van der Waals surface area contributed by atoms with Crippen molar-refractivity contribution in [2.75, 3.05) is 11.9 Å². The normalized spacial score (nSPS) is 12.4. The van der Waals surface area contributed by atoms with Gasteiger partial charge in [0.2, 0.25) is 0 Å². The molecule has 2 nitrogen and oxygen atoms in total. The van der Waals surface area contributed by atoms with Gasteiger partial charge in [-0.3, -0.25) is 0 Å². The minimum atomic E-state index is 0.128. The van der Waals surface area contributed by atoms with Crippen molar-refractivity contribution >= 4 is 48.9 Å². The van der Waals surface area contributed by atoms with Gasteiger partial charge < -0.3 is 11.1 Å². The third kappa shape index (κ3) is 3.10. The second kappa shape index (κ2) is 6.00. The third-order valence-electron chi connectivity index (χ3n) is 2.40. The van der Waals surface area contributed by atoms with Crippen molar-refractivity contribution in [3.8, 4) is 0 Å². The first kappa shape index (κ1) is 13.1. The minimum absolute atomic E-state index is 0.128. The molecule has 90 valence electrons. The number of hydrogen-bond acceptors (Lipinski definition) is 3. The summed E-state index contributed by atoms with van der Waals surface area (Å²) in [6, 6.07) is 10.2. The molecule has 1 heterocycles. The van der Waals surface area contributed by atoms with E-state index in [1.165, 1.54) is 4.88 Å². The Kier molecular flexibility index (Phi) is 4.62. The molecule has 0 radical (unpaired) electrons. The number of halogens is 2. The second-order valence-electron chi connectivity index (χ2n) is 3.55. The fourth-order valence-corrected chi connectivity index (χ4v) is 3.67. The summed E-state index contributed by atoms with van der Waals surface area (Å²) in [5, 5.41) is 5.51. The first-order valence-electron chi connectivity index (χ1n) is 5.16. The lowest BCUT2D eigenvalue weighted by molar-refractivity contribution is 0.802. The van der Waals surface area contributed by atoms with Crippen LogP contribution in [-0.2, 0) is 0 Å². The highest BCUT2D eigenvalue weighted by Crippen LogP contribution is 2.32. The number of nitrogens with two attached hydrogens (primary N) is 1. The lowest BCUT2D eigenvalue weighted by Crippen LogP contribution is -2.20. The summed E-state index contributed by atoms with van der Waals surface area (Å²) >= 11 is 8.77. The molecule has 0 saturated heterocycles. The molecule has 2 aromatic rings. The Morgan fingerprint density at radius 2 is 1.94 bits per heavy atom. The molecule has 1 atom stereocenters. The molecule has 1 aromatic carbocycles. The van der Waals surface area contributed by atoms with Crippen molar-refractivity contribution in [1.82, 2.24) is 0 Å². The summed E-state index contributed by atoms with van der Waals surface area (Å²) in [4.78, 5) is 1.23. The van der Waals surface area contributed by atoms with Gasteiger partial charge in [0.15, 0.2) is 0 Å². The highest BCUT2D eigenvalue weighted by Gasteiger charge is 2.15. The van der Waals surface area contributed by atoms with Crippen LogP contribution in [0.2, 0.25) is 0 Å². The van der Waals surface area contributed by atoms with Gasteiger partial charge >= 0.3 is 0 Å². The SMILES string of the molecule is NCC(Nc1ccccc1Br)c1sccc1Br. The van der Waals surface area contributed by atoms with Crippen LogP contribution in [0.3, 0.4) is 0 Å². The van der Waals surface area contributed by atoms with E-state index in [0.29, 0.717) is 6.54 Å². The summed E-state index contributed by atoms with van der Waals surface area (Å²) in [6.07, 6.45) is 0. The zero-order chi connectivity index (χ0) is 12.3. The molecule has 0 fully saturated rings. The first-order chi connectivity index (χ1) is 8.22. The van der Waals surface area contributed by atoms with Crippen LogP contribution in [0.25, 0.3) is 0 Å². The molecule has 0 spiro atoms. The summed E-state index contributed by atoms with van der Waals surface area (Å²) in [5.74, 6) is 0. The van der Waals surface area contributed by atoms with E-state index in [-0.39, 0.29) is 6.04 Å². The van der Waals surface area contributed by atoms with Crippen molar-refractivity contribution in [1.29, 1.82) is 0 Å². The largest absolute Gasteiger partial charge is 0.375 e. The number of thiophene rings is 1. The van der Waals surface area contributed by atoms with Gasteiger partial charge in [-0.05, 0) is 55.4 Å². The monoisotopic (exact) mass is 374 g/mol. The Labute approximate surface area is 121 Å². The van der Waals surface area contributed by atoms with E-state index in [4.69, 9.17) is 5.73 Å². The summed E-state index contributed by atoms with van der Waals surface area (Å²) < 4.78 is 2.16. The Balaban J connectivity index is 2.22. The van der Waals surface area contributed by atoms with Gasteiger partial charge in [0.05, 0.1) is 6.04 Å². The van der Waals surface area contributed by atoms with Gasteiger partial charge in [0, 0.05) is 26.1 Å². The van der Waals surface area contributed by atoms with Gasteiger partial charge in [-0.1, -0.05) is 12.1 Å². The molecule has 0 aliphatic heterocycles. The van der Waals surface area contributed by atoms with Crippen molar-refractivity contribution in [2.45, 2.75) is 6.04 Å². The van der Waals surface area contributed by atoms with Crippen LogP contribution in [0.15, 0.2) is 44.7 Å². The molecular formula is C12H12Br2N2S. The lowest BCUT2D eigenvalue weighted by atomic mass is 10.2. The van der Waals surface area contributed by atoms with Gasteiger partial charge in [-0.25, -0.2) is 0 Å². The number of anilines is 1. The molecule has 0 aliphatic carbocycles. The molecule has 0 saturated carbocycles. The predicted molar refractivity (Wildman–Crippen MR) is 81.6 cm³/mol. The highest BCUT2D eigenvalue weighted by atomic mass is 79.9. The van der Waals surface area contributed by atoms with Crippen molar-refractivity contribution in [3.05, 3.63) is 49.5 Å². The Morgan fingerprint density at radius 1 is 1.18 bits per heavy atom.